The van der Waals surface area contributed by atoms with Crippen molar-refractivity contribution in [3.05, 3.63) is 82.0 Å². The monoisotopic (exact) mass is 561 g/mol. The quantitative estimate of drug-likeness (QED) is 0.257. The third-order valence-corrected chi connectivity index (χ3v) is 9.82. The van der Waals surface area contributed by atoms with E-state index in [4.69, 9.17) is 5.10 Å². The highest BCUT2D eigenvalue weighted by Gasteiger charge is 2.29. The van der Waals surface area contributed by atoms with Gasteiger partial charge in [-0.25, -0.2) is 22.9 Å². The van der Waals surface area contributed by atoms with Crippen LogP contribution in [-0.2, 0) is 22.7 Å². The van der Waals surface area contributed by atoms with Crippen molar-refractivity contribution < 1.29 is 18.3 Å². The zero-order chi connectivity index (χ0) is 27.1. The number of aromatic carboxylic acids is 1. The van der Waals surface area contributed by atoms with Crippen LogP contribution in [0.2, 0.25) is 0 Å². The minimum absolute atomic E-state index is 0.0190. The minimum atomic E-state index is -3.28. The second-order valence-corrected chi connectivity index (χ2v) is 13.7. The molecule has 2 heterocycles. The normalized spacial score (nSPS) is 16.1. The molecule has 9 heteroatoms. The standard InChI is InChI=1S/C30H31N3O4S2/c1-39(36,37)24-13-11-19(12-14-24)15-25-27(16-20-9-10-20)33(30-31-26(18-38-30)29(34)35)32-28(25)23-8-4-7-22(17-23)21-5-2-3-6-21/h4,7-8,11-14,17-18,20-21H,2-3,5-6,9-10,15-16H2,1H3,(H,34,35). The van der Waals surface area contributed by atoms with E-state index in [9.17, 15) is 18.3 Å². The van der Waals surface area contributed by atoms with Crippen LogP contribution in [0.25, 0.3) is 16.4 Å². The Labute approximate surface area is 232 Å². The zero-order valence-corrected chi connectivity index (χ0v) is 23.5. The molecule has 0 saturated heterocycles. The molecular formula is C30H31N3O4S2. The Bertz CT molecular complexity index is 1630. The second kappa shape index (κ2) is 10.4. The van der Waals surface area contributed by atoms with Crippen molar-refractivity contribution in [2.45, 2.75) is 62.2 Å². The topological polar surface area (TPSA) is 102 Å². The Morgan fingerprint density at radius 3 is 2.46 bits per heavy atom. The van der Waals surface area contributed by atoms with Crippen LogP contribution in [0, 0.1) is 5.92 Å². The summed E-state index contributed by atoms with van der Waals surface area (Å²) < 4.78 is 25.9. The van der Waals surface area contributed by atoms with Gasteiger partial charge in [0.05, 0.1) is 16.3 Å². The first-order chi connectivity index (χ1) is 18.8. The number of rotatable bonds is 9. The van der Waals surface area contributed by atoms with Crippen LogP contribution in [0.15, 0.2) is 58.8 Å². The number of aromatic nitrogens is 3. The maximum atomic E-state index is 12.0. The highest BCUT2D eigenvalue weighted by molar-refractivity contribution is 7.90. The van der Waals surface area contributed by atoms with E-state index in [1.54, 1.807) is 17.5 Å². The van der Waals surface area contributed by atoms with Crippen molar-refractivity contribution in [1.29, 1.82) is 0 Å². The number of sulfone groups is 1. The van der Waals surface area contributed by atoms with Crippen LogP contribution in [0.1, 0.15) is 77.3 Å². The van der Waals surface area contributed by atoms with Crippen molar-refractivity contribution in [3.8, 4) is 16.4 Å². The summed E-state index contributed by atoms with van der Waals surface area (Å²) in [5, 5.41) is 16.7. The summed E-state index contributed by atoms with van der Waals surface area (Å²) in [6.07, 6.45) is 9.92. The third kappa shape index (κ3) is 5.56. The lowest BCUT2D eigenvalue weighted by Gasteiger charge is -2.12. The van der Waals surface area contributed by atoms with Crippen molar-refractivity contribution in [3.63, 3.8) is 0 Å². The van der Waals surface area contributed by atoms with Crippen LogP contribution in [0.5, 0.6) is 0 Å². The van der Waals surface area contributed by atoms with E-state index >= 15 is 0 Å². The average Bonchev–Trinajstić information content (AvgIpc) is 3.28. The molecule has 2 aliphatic carbocycles. The Morgan fingerprint density at radius 1 is 1.08 bits per heavy atom. The number of carboxylic acids is 1. The molecule has 2 saturated carbocycles. The van der Waals surface area contributed by atoms with Gasteiger partial charge in [-0.3, -0.25) is 0 Å². The van der Waals surface area contributed by atoms with Gasteiger partial charge in [-0.1, -0.05) is 43.2 Å². The number of hydrogen-bond acceptors (Lipinski definition) is 6. The maximum absolute atomic E-state index is 12.0. The van der Waals surface area contributed by atoms with E-state index in [0.29, 0.717) is 28.3 Å². The summed E-state index contributed by atoms with van der Waals surface area (Å²) in [7, 11) is -3.28. The average molecular weight is 562 g/mol. The molecule has 1 N–H and O–H groups in total. The van der Waals surface area contributed by atoms with E-state index in [2.05, 4.69) is 29.2 Å². The Kier molecular flexibility index (Phi) is 6.89. The number of carboxylic acid groups (broad SMARTS) is 1. The summed E-state index contributed by atoms with van der Waals surface area (Å²) in [6.45, 7) is 0. The molecule has 2 aromatic heterocycles. The maximum Gasteiger partial charge on any atom is 0.355 e. The minimum Gasteiger partial charge on any atom is -0.476 e. The smallest absolute Gasteiger partial charge is 0.355 e. The summed E-state index contributed by atoms with van der Waals surface area (Å²) >= 11 is 1.29. The Balaban J connectivity index is 1.49. The molecule has 0 radical (unpaired) electrons. The molecule has 39 heavy (non-hydrogen) atoms. The zero-order valence-electron chi connectivity index (χ0n) is 21.8. The first-order valence-corrected chi connectivity index (χ1v) is 16.2. The van der Waals surface area contributed by atoms with Crippen LogP contribution in [0.3, 0.4) is 0 Å². The molecule has 202 valence electrons. The highest BCUT2D eigenvalue weighted by Crippen LogP contribution is 2.40. The molecule has 0 atom stereocenters. The molecule has 0 aliphatic heterocycles. The fourth-order valence-corrected chi connectivity index (χ4v) is 6.99. The number of benzene rings is 2. The van der Waals surface area contributed by atoms with Gasteiger partial charge in [0.15, 0.2) is 15.5 Å². The van der Waals surface area contributed by atoms with E-state index in [-0.39, 0.29) is 5.69 Å². The molecule has 7 nitrogen and oxygen atoms in total. The van der Waals surface area contributed by atoms with Crippen molar-refractivity contribution in [2.75, 3.05) is 6.26 Å². The largest absolute Gasteiger partial charge is 0.476 e. The highest BCUT2D eigenvalue weighted by atomic mass is 32.2. The van der Waals surface area contributed by atoms with Gasteiger partial charge in [-0.2, -0.15) is 5.10 Å². The van der Waals surface area contributed by atoms with Gasteiger partial charge < -0.3 is 5.11 Å². The first-order valence-electron chi connectivity index (χ1n) is 13.5. The molecule has 0 amide bonds. The molecule has 2 fully saturated rings. The van der Waals surface area contributed by atoms with Crippen molar-refractivity contribution >= 4 is 27.1 Å². The predicted octanol–water partition coefficient (Wildman–Crippen LogP) is 6.30. The van der Waals surface area contributed by atoms with Crippen LogP contribution < -0.4 is 0 Å². The number of hydrogen-bond donors (Lipinski definition) is 1. The number of thiazole rings is 1. The lowest BCUT2D eigenvalue weighted by molar-refractivity contribution is 0.0691. The molecule has 2 aliphatic rings. The van der Waals surface area contributed by atoms with Gasteiger partial charge in [-0.15, -0.1) is 11.3 Å². The van der Waals surface area contributed by atoms with E-state index in [1.165, 1.54) is 61.7 Å². The fourth-order valence-electron chi connectivity index (χ4n) is 5.58. The Morgan fingerprint density at radius 2 is 1.82 bits per heavy atom. The molecule has 2 aromatic carbocycles. The third-order valence-electron chi connectivity index (χ3n) is 7.88. The SMILES string of the molecule is CS(=O)(=O)c1ccc(Cc2c(-c3cccc(C4CCCC4)c3)nn(-c3nc(C(=O)O)cs3)c2CC2CC2)cc1. The molecular weight excluding hydrogens is 530 g/mol. The molecule has 0 spiro atoms. The Hall–Kier alpha value is -3.30. The summed E-state index contributed by atoms with van der Waals surface area (Å²) in [4.78, 5) is 16.3. The van der Waals surface area contributed by atoms with Gasteiger partial charge in [0.1, 0.15) is 0 Å². The van der Waals surface area contributed by atoms with E-state index in [1.807, 2.05) is 16.8 Å². The molecule has 6 rings (SSSR count). The molecule has 0 bridgehead atoms. The summed E-state index contributed by atoms with van der Waals surface area (Å²) in [5.74, 6) is 0.0921. The van der Waals surface area contributed by atoms with Crippen molar-refractivity contribution in [1.82, 2.24) is 14.8 Å². The van der Waals surface area contributed by atoms with Crippen LogP contribution in [-0.4, -0.2) is 40.5 Å². The summed E-state index contributed by atoms with van der Waals surface area (Å²) in [6, 6.07) is 15.8. The van der Waals surface area contributed by atoms with Gasteiger partial charge in [0, 0.05) is 29.2 Å². The van der Waals surface area contributed by atoms with Gasteiger partial charge >= 0.3 is 5.97 Å². The second-order valence-electron chi connectivity index (χ2n) is 10.9. The van der Waals surface area contributed by atoms with Gasteiger partial charge in [-0.05, 0) is 73.3 Å². The van der Waals surface area contributed by atoms with Gasteiger partial charge in [0.2, 0.25) is 5.13 Å². The predicted molar refractivity (Wildman–Crippen MR) is 152 cm³/mol. The van der Waals surface area contributed by atoms with E-state index in [0.717, 1.165) is 34.5 Å². The summed E-state index contributed by atoms with van der Waals surface area (Å²) in [5.41, 5.74) is 6.43. The van der Waals surface area contributed by atoms with Crippen molar-refractivity contribution in [2.24, 2.45) is 5.92 Å². The van der Waals surface area contributed by atoms with Crippen LogP contribution in [0.4, 0.5) is 0 Å². The fraction of sp³-hybridized carbons (Fsp3) is 0.367. The molecule has 4 aromatic rings. The van der Waals surface area contributed by atoms with Crippen LogP contribution >= 0.6 is 11.3 Å². The first kappa shape index (κ1) is 26.0. The van der Waals surface area contributed by atoms with E-state index < -0.39 is 15.8 Å². The van der Waals surface area contributed by atoms with Gasteiger partial charge in [0.25, 0.3) is 0 Å². The lowest BCUT2D eigenvalue weighted by atomic mass is 9.92. The molecule has 0 unspecified atom stereocenters. The number of nitrogens with zero attached hydrogens (tertiary/aromatic N) is 3. The number of carbonyl (C=O) groups is 1. The lowest BCUT2D eigenvalue weighted by Crippen LogP contribution is -2.06.